The molecule has 2 aromatic heterocycles. The standard InChI is InChI=1S/C18H20N6O2/c1-22(2)15-6-4-14(5-7-15)18(26)19-11-13-24-17(25)9-8-16(21-24)23-12-3-10-20-23/h3-10,12H,11,13H2,1-2H3,(H,19,26). The van der Waals surface area contributed by atoms with Crippen LogP contribution in [0, 0.1) is 0 Å². The lowest BCUT2D eigenvalue weighted by Crippen LogP contribution is -2.32. The van der Waals surface area contributed by atoms with Gasteiger partial charge in [-0.1, -0.05) is 0 Å². The van der Waals surface area contributed by atoms with E-state index in [0.717, 1.165) is 5.69 Å². The number of aromatic nitrogens is 4. The highest BCUT2D eigenvalue weighted by atomic mass is 16.2. The third kappa shape index (κ3) is 3.97. The van der Waals surface area contributed by atoms with Crippen LogP contribution in [0.5, 0.6) is 0 Å². The van der Waals surface area contributed by atoms with Gasteiger partial charge < -0.3 is 10.2 Å². The van der Waals surface area contributed by atoms with E-state index in [0.29, 0.717) is 17.9 Å². The molecule has 0 fully saturated rings. The zero-order valence-electron chi connectivity index (χ0n) is 14.7. The van der Waals surface area contributed by atoms with Crippen LogP contribution in [-0.2, 0) is 6.54 Å². The number of anilines is 1. The van der Waals surface area contributed by atoms with Crippen LogP contribution in [0.3, 0.4) is 0 Å². The van der Waals surface area contributed by atoms with Crippen molar-refractivity contribution in [2.24, 2.45) is 0 Å². The summed E-state index contributed by atoms with van der Waals surface area (Å²) in [4.78, 5) is 26.1. The highest BCUT2D eigenvalue weighted by molar-refractivity contribution is 5.94. The summed E-state index contributed by atoms with van der Waals surface area (Å²) in [7, 11) is 3.88. The lowest BCUT2D eigenvalue weighted by atomic mass is 10.2. The Hall–Kier alpha value is -3.42. The number of nitrogens with zero attached hydrogens (tertiary/aromatic N) is 5. The Morgan fingerprint density at radius 3 is 2.58 bits per heavy atom. The maximum Gasteiger partial charge on any atom is 0.266 e. The number of carbonyl (C=O) groups is 1. The van der Waals surface area contributed by atoms with E-state index in [1.807, 2.05) is 31.1 Å². The summed E-state index contributed by atoms with van der Waals surface area (Å²) in [6, 6.07) is 12.1. The van der Waals surface area contributed by atoms with Gasteiger partial charge in [0.15, 0.2) is 5.82 Å². The van der Waals surface area contributed by atoms with Gasteiger partial charge >= 0.3 is 0 Å². The zero-order valence-corrected chi connectivity index (χ0v) is 14.7. The molecule has 0 spiro atoms. The first kappa shape index (κ1) is 17.4. The van der Waals surface area contributed by atoms with Gasteiger partial charge in [-0.05, 0) is 36.4 Å². The van der Waals surface area contributed by atoms with Gasteiger partial charge in [0.1, 0.15) is 0 Å². The second-order valence-electron chi connectivity index (χ2n) is 5.90. The Morgan fingerprint density at radius 2 is 1.92 bits per heavy atom. The van der Waals surface area contributed by atoms with Crippen LogP contribution in [0.15, 0.2) is 59.7 Å². The average molecular weight is 352 g/mol. The van der Waals surface area contributed by atoms with Crippen molar-refractivity contribution in [2.45, 2.75) is 6.54 Å². The first-order chi connectivity index (χ1) is 12.5. The molecule has 0 aliphatic rings. The molecule has 2 heterocycles. The van der Waals surface area contributed by atoms with E-state index in [-0.39, 0.29) is 18.0 Å². The number of nitrogens with one attached hydrogen (secondary N) is 1. The molecule has 0 atom stereocenters. The van der Waals surface area contributed by atoms with Crippen molar-refractivity contribution in [1.29, 1.82) is 0 Å². The molecule has 1 N–H and O–H groups in total. The summed E-state index contributed by atoms with van der Waals surface area (Å²) < 4.78 is 2.88. The molecule has 134 valence electrons. The number of hydrogen-bond acceptors (Lipinski definition) is 5. The minimum Gasteiger partial charge on any atom is -0.378 e. The van der Waals surface area contributed by atoms with Crippen molar-refractivity contribution < 1.29 is 4.79 Å². The van der Waals surface area contributed by atoms with E-state index in [9.17, 15) is 9.59 Å². The minimum absolute atomic E-state index is 0.188. The Kier molecular flexibility index (Phi) is 5.12. The predicted molar refractivity (Wildman–Crippen MR) is 98.7 cm³/mol. The predicted octanol–water partition coefficient (Wildman–Crippen LogP) is 0.925. The molecule has 8 heteroatoms. The summed E-state index contributed by atoms with van der Waals surface area (Å²) in [5.74, 6) is 0.354. The summed E-state index contributed by atoms with van der Waals surface area (Å²) in [6.07, 6.45) is 3.38. The van der Waals surface area contributed by atoms with Crippen LogP contribution in [0.25, 0.3) is 5.82 Å². The van der Waals surface area contributed by atoms with Crippen molar-refractivity contribution >= 4 is 11.6 Å². The van der Waals surface area contributed by atoms with Gasteiger partial charge in [0.25, 0.3) is 11.5 Å². The molecule has 3 aromatic rings. The van der Waals surface area contributed by atoms with E-state index >= 15 is 0 Å². The molecule has 0 bridgehead atoms. The van der Waals surface area contributed by atoms with E-state index < -0.39 is 0 Å². The fourth-order valence-electron chi connectivity index (χ4n) is 2.41. The lowest BCUT2D eigenvalue weighted by Gasteiger charge is -2.12. The number of carbonyl (C=O) groups excluding carboxylic acids is 1. The Balaban J connectivity index is 1.61. The molecule has 0 radical (unpaired) electrons. The maximum absolute atomic E-state index is 12.2. The Labute approximate surface area is 150 Å². The molecule has 0 unspecified atom stereocenters. The topological polar surface area (TPSA) is 85.1 Å². The minimum atomic E-state index is -0.231. The van der Waals surface area contributed by atoms with Crippen LogP contribution in [0.1, 0.15) is 10.4 Å². The van der Waals surface area contributed by atoms with E-state index in [1.54, 1.807) is 41.3 Å². The third-order valence-electron chi connectivity index (χ3n) is 3.85. The molecule has 8 nitrogen and oxygen atoms in total. The molecule has 1 amide bonds. The number of hydrogen-bond donors (Lipinski definition) is 1. The van der Waals surface area contributed by atoms with E-state index in [1.165, 1.54) is 10.7 Å². The Bertz CT molecular complexity index is 929. The first-order valence-electron chi connectivity index (χ1n) is 8.18. The molecular formula is C18H20N6O2. The molecular weight excluding hydrogens is 332 g/mol. The van der Waals surface area contributed by atoms with E-state index in [4.69, 9.17) is 0 Å². The summed E-state index contributed by atoms with van der Waals surface area (Å²) in [5.41, 5.74) is 1.36. The normalized spacial score (nSPS) is 10.5. The summed E-state index contributed by atoms with van der Waals surface area (Å²) >= 11 is 0. The van der Waals surface area contributed by atoms with Gasteiger partial charge in [-0.25, -0.2) is 9.36 Å². The summed E-state index contributed by atoms with van der Waals surface area (Å²) in [6.45, 7) is 0.569. The van der Waals surface area contributed by atoms with Crippen molar-refractivity contribution in [2.75, 3.05) is 25.5 Å². The molecule has 0 saturated carbocycles. The maximum atomic E-state index is 12.2. The molecule has 1 aromatic carbocycles. The smallest absolute Gasteiger partial charge is 0.266 e. The van der Waals surface area contributed by atoms with Crippen LogP contribution in [0.2, 0.25) is 0 Å². The highest BCUT2D eigenvalue weighted by Gasteiger charge is 2.07. The van der Waals surface area contributed by atoms with Gasteiger partial charge in [0.05, 0.1) is 6.54 Å². The number of rotatable bonds is 6. The van der Waals surface area contributed by atoms with Crippen molar-refractivity contribution in [3.63, 3.8) is 0 Å². The second-order valence-corrected chi connectivity index (χ2v) is 5.90. The largest absolute Gasteiger partial charge is 0.378 e. The van der Waals surface area contributed by atoms with Crippen molar-refractivity contribution in [3.8, 4) is 5.82 Å². The number of benzene rings is 1. The molecule has 3 rings (SSSR count). The molecule has 0 aliphatic carbocycles. The van der Waals surface area contributed by atoms with Gasteiger partial charge in [-0.2, -0.15) is 5.10 Å². The van der Waals surface area contributed by atoms with Crippen molar-refractivity contribution in [3.05, 3.63) is 70.8 Å². The monoisotopic (exact) mass is 352 g/mol. The SMILES string of the molecule is CN(C)c1ccc(C(=O)NCCn2nc(-n3cccn3)ccc2=O)cc1. The number of amides is 1. The zero-order chi connectivity index (χ0) is 18.5. The first-order valence-corrected chi connectivity index (χ1v) is 8.18. The fourth-order valence-corrected chi connectivity index (χ4v) is 2.41. The van der Waals surface area contributed by atoms with Gasteiger partial charge in [-0.15, -0.1) is 5.10 Å². The lowest BCUT2D eigenvalue weighted by molar-refractivity contribution is 0.0951. The molecule has 26 heavy (non-hydrogen) atoms. The van der Waals surface area contributed by atoms with Crippen molar-refractivity contribution in [1.82, 2.24) is 24.9 Å². The average Bonchev–Trinajstić information content (AvgIpc) is 3.18. The van der Waals surface area contributed by atoms with Gasteiger partial charge in [0.2, 0.25) is 0 Å². The third-order valence-corrected chi connectivity index (χ3v) is 3.85. The van der Waals surface area contributed by atoms with Crippen LogP contribution >= 0.6 is 0 Å². The molecule has 0 aliphatic heterocycles. The van der Waals surface area contributed by atoms with E-state index in [2.05, 4.69) is 15.5 Å². The Morgan fingerprint density at radius 1 is 1.15 bits per heavy atom. The fraction of sp³-hybridized carbons (Fsp3) is 0.222. The quantitative estimate of drug-likeness (QED) is 0.713. The second kappa shape index (κ2) is 7.64. The van der Waals surface area contributed by atoms with Crippen LogP contribution in [0.4, 0.5) is 5.69 Å². The van der Waals surface area contributed by atoms with Crippen LogP contribution in [-0.4, -0.2) is 46.1 Å². The summed E-state index contributed by atoms with van der Waals surface area (Å²) in [5, 5.41) is 11.2. The van der Waals surface area contributed by atoms with Crippen LogP contribution < -0.4 is 15.8 Å². The van der Waals surface area contributed by atoms with Gasteiger partial charge in [-0.3, -0.25) is 9.59 Å². The molecule has 0 saturated heterocycles. The highest BCUT2D eigenvalue weighted by Crippen LogP contribution is 2.11. The van der Waals surface area contributed by atoms with Gasteiger partial charge in [0, 0.05) is 50.4 Å².